The van der Waals surface area contributed by atoms with E-state index in [4.69, 9.17) is 5.26 Å². The second kappa shape index (κ2) is 2.79. The molecule has 0 amide bonds. The second-order valence-corrected chi connectivity index (χ2v) is 3.28. The van der Waals surface area contributed by atoms with E-state index in [2.05, 4.69) is 0 Å². The summed E-state index contributed by atoms with van der Waals surface area (Å²) in [6.07, 6.45) is -4.33. The Balaban J connectivity index is 3.16. The molecule has 0 saturated carbocycles. The molecular formula is C7H4F3NS. The minimum absolute atomic E-state index is 0.127. The van der Waals surface area contributed by atoms with Crippen molar-refractivity contribution < 1.29 is 13.2 Å². The smallest absolute Gasteiger partial charge is 0.192 e. The van der Waals surface area contributed by atoms with Gasteiger partial charge in [-0.25, -0.2) is 0 Å². The van der Waals surface area contributed by atoms with Gasteiger partial charge in [-0.05, 0) is 18.6 Å². The quantitative estimate of drug-likeness (QED) is 0.618. The summed E-state index contributed by atoms with van der Waals surface area (Å²) in [5.74, 6) is 0. The molecule has 1 heterocycles. The highest BCUT2D eigenvalue weighted by atomic mass is 32.1. The van der Waals surface area contributed by atoms with Crippen LogP contribution in [0, 0.1) is 18.3 Å². The Morgan fingerprint density at radius 1 is 1.50 bits per heavy atom. The van der Waals surface area contributed by atoms with E-state index < -0.39 is 11.1 Å². The molecule has 12 heavy (non-hydrogen) atoms. The molecule has 0 bridgehead atoms. The van der Waals surface area contributed by atoms with E-state index in [-0.39, 0.29) is 4.88 Å². The summed E-state index contributed by atoms with van der Waals surface area (Å²) in [5, 5.41) is 8.39. The van der Waals surface area contributed by atoms with Gasteiger partial charge in [0.2, 0.25) is 0 Å². The first kappa shape index (κ1) is 9.07. The van der Waals surface area contributed by atoms with E-state index in [0.717, 1.165) is 6.07 Å². The number of hydrogen-bond donors (Lipinski definition) is 0. The first-order valence-electron chi connectivity index (χ1n) is 3.03. The molecule has 0 N–H and O–H groups in total. The van der Waals surface area contributed by atoms with E-state index >= 15 is 0 Å². The van der Waals surface area contributed by atoms with Gasteiger partial charge < -0.3 is 0 Å². The van der Waals surface area contributed by atoms with Crippen LogP contribution in [0.15, 0.2) is 6.07 Å². The summed E-state index contributed by atoms with van der Waals surface area (Å²) in [6.45, 7) is 1.49. The third-order valence-corrected chi connectivity index (χ3v) is 2.49. The molecule has 1 aromatic heterocycles. The van der Waals surface area contributed by atoms with Crippen molar-refractivity contribution in [3.05, 3.63) is 21.4 Å². The molecule has 64 valence electrons. The molecule has 0 aliphatic carbocycles. The molecule has 0 spiro atoms. The SMILES string of the molecule is Cc1cc(C(F)(F)F)sc1C#N. The van der Waals surface area contributed by atoms with Crippen LogP contribution in [0.3, 0.4) is 0 Å². The molecule has 0 atom stereocenters. The average Bonchev–Trinajstić information content (AvgIpc) is 2.29. The lowest BCUT2D eigenvalue weighted by atomic mass is 10.3. The van der Waals surface area contributed by atoms with Crippen LogP contribution in [0.2, 0.25) is 0 Å². The molecule has 0 unspecified atom stereocenters. The number of rotatable bonds is 0. The summed E-state index contributed by atoms with van der Waals surface area (Å²) < 4.78 is 36.1. The Kier molecular flexibility index (Phi) is 2.11. The lowest BCUT2D eigenvalue weighted by Gasteiger charge is -1.99. The van der Waals surface area contributed by atoms with Crippen LogP contribution in [0.1, 0.15) is 15.3 Å². The van der Waals surface area contributed by atoms with Crippen LogP contribution in [-0.4, -0.2) is 0 Å². The molecule has 0 aromatic carbocycles. The zero-order chi connectivity index (χ0) is 9.35. The molecule has 0 aliphatic rings. The third kappa shape index (κ3) is 1.59. The Bertz CT molecular complexity index is 331. The van der Waals surface area contributed by atoms with E-state index in [1.54, 1.807) is 6.07 Å². The van der Waals surface area contributed by atoms with Crippen LogP contribution < -0.4 is 0 Å². The second-order valence-electron chi connectivity index (χ2n) is 2.23. The van der Waals surface area contributed by atoms with Crippen LogP contribution >= 0.6 is 11.3 Å². The zero-order valence-corrected chi connectivity index (χ0v) is 6.88. The van der Waals surface area contributed by atoms with Crippen molar-refractivity contribution in [2.45, 2.75) is 13.1 Å². The number of aryl methyl sites for hydroxylation is 1. The van der Waals surface area contributed by atoms with Crippen molar-refractivity contribution in [1.82, 2.24) is 0 Å². The van der Waals surface area contributed by atoms with E-state index in [0.29, 0.717) is 16.9 Å². The van der Waals surface area contributed by atoms with E-state index in [9.17, 15) is 13.2 Å². The maximum Gasteiger partial charge on any atom is 0.425 e. The monoisotopic (exact) mass is 191 g/mol. The fourth-order valence-corrected chi connectivity index (χ4v) is 1.57. The minimum Gasteiger partial charge on any atom is -0.192 e. The first-order chi connectivity index (χ1) is 5.45. The van der Waals surface area contributed by atoms with Gasteiger partial charge in [-0.2, -0.15) is 18.4 Å². The van der Waals surface area contributed by atoms with E-state index in [1.807, 2.05) is 0 Å². The predicted octanol–water partition coefficient (Wildman–Crippen LogP) is 2.95. The summed E-state index contributed by atoms with van der Waals surface area (Å²) in [7, 11) is 0. The summed E-state index contributed by atoms with van der Waals surface area (Å²) in [5.41, 5.74) is 0.384. The first-order valence-corrected chi connectivity index (χ1v) is 3.84. The average molecular weight is 191 g/mol. The highest BCUT2D eigenvalue weighted by Crippen LogP contribution is 2.36. The maximum atomic E-state index is 12.0. The van der Waals surface area contributed by atoms with E-state index in [1.165, 1.54) is 6.92 Å². The van der Waals surface area contributed by atoms with Gasteiger partial charge in [0.1, 0.15) is 15.8 Å². The number of nitrogens with zero attached hydrogens (tertiary/aromatic N) is 1. The van der Waals surface area contributed by atoms with Crippen molar-refractivity contribution in [1.29, 1.82) is 5.26 Å². The molecule has 5 heteroatoms. The van der Waals surface area contributed by atoms with Crippen molar-refractivity contribution >= 4 is 11.3 Å². The van der Waals surface area contributed by atoms with Gasteiger partial charge >= 0.3 is 6.18 Å². The largest absolute Gasteiger partial charge is 0.425 e. The molecule has 1 aromatic rings. The lowest BCUT2D eigenvalue weighted by Crippen LogP contribution is -2.00. The fraction of sp³-hybridized carbons (Fsp3) is 0.286. The number of hydrogen-bond acceptors (Lipinski definition) is 2. The fourth-order valence-electron chi connectivity index (χ4n) is 0.733. The normalized spacial score (nSPS) is 11.2. The van der Waals surface area contributed by atoms with Gasteiger partial charge in [-0.3, -0.25) is 0 Å². The van der Waals surface area contributed by atoms with Crippen LogP contribution in [-0.2, 0) is 6.18 Å². The van der Waals surface area contributed by atoms with Crippen LogP contribution in [0.25, 0.3) is 0 Å². The van der Waals surface area contributed by atoms with Crippen LogP contribution in [0.4, 0.5) is 13.2 Å². The number of thiophene rings is 1. The van der Waals surface area contributed by atoms with Gasteiger partial charge in [0, 0.05) is 0 Å². The van der Waals surface area contributed by atoms with Crippen molar-refractivity contribution in [3.8, 4) is 6.07 Å². The van der Waals surface area contributed by atoms with Gasteiger partial charge in [-0.1, -0.05) is 0 Å². The van der Waals surface area contributed by atoms with Gasteiger partial charge in [0.05, 0.1) is 0 Å². The molecule has 0 aliphatic heterocycles. The van der Waals surface area contributed by atoms with Gasteiger partial charge in [0.15, 0.2) is 0 Å². The Morgan fingerprint density at radius 3 is 2.33 bits per heavy atom. The number of halogens is 3. The standard InChI is InChI=1S/C7H4F3NS/c1-4-2-6(7(8,9)10)12-5(4)3-11/h2H,1H3. The molecule has 1 nitrogen and oxygen atoms in total. The Morgan fingerprint density at radius 2 is 2.08 bits per heavy atom. The minimum atomic E-state index is -4.33. The molecular weight excluding hydrogens is 187 g/mol. The van der Waals surface area contributed by atoms with Crippen molar-refractivity contribution in [3.63, 3.8) is 0 Å². The predicted molar refractivity (Wildman–Crippen MR) is 38.8 cm³/mol. The van der Waals surface area contributed by atoms with Crippen molar-refractivity contribution in [2.24, 2.45) is 0 Å². The third-order valence-electron chi connectivity index (χ3n) is 1.30. The highest BCUT2D eigenvalue weighted by molar-refractivity contribution is 7.12. The molecule has 1 rings (SSSR count). The number of nitriles is 1. The summed E-state index contributed by atoms with van der Waals surface area (Å²) in [4.78, 5) is -0.584. The van der Waals surface area contributed by atoms with Gasteiger partial charge in [0.25, 0.3) is 0 Å². The highest BCUT2D eigenvalue weighted by Gasteiger charge is 2.33. The topological polar surface area (TPSA) is 23.8 Å². The number of alkyl halides is 3. The van der Waals surface area contributed by atoms with Gasteiger partial charge in [-0.15, -0.1) is 11.3 Å². The lowest BCUT2D eigenvalue weighted by molar-refractivity contribution is -0.134. The molecule has 0 saturated heterocycles. The molecule has 0 fully saturated rings. The maximum absolute atomic E-state index is 12.0. The van der Waals surface area contributed by atoms with Crippen molar-refractivity contribution in [2.75, 3.05) is 0 Å². The summed E-state index contributed by atoms with van der Waals surface area (Å²) in [6, 6.07) is 2.70. The van der Waals surface area contributed by atoms with Crippen LogP contribution in [0.5, 0.6) is 0 Å². The summed E-state index contributed by atoms with van der Waals surface area (Å²) >= 11 is 0.480. The Hall–Kier alpha value is -1.02. The Labute approximate surface area is 71.1 Å². The molecule has 0 radical (unpaired) electrons. The zero-order valence-electron chi connectivity index (χ0n) is 6.07.